The molecular weight excluding hydrogens is 260 g/mol. The Morgan fingerprint density at radius 3 is 2.74 bits per heavy atom. The van der Waals surface area contributed by atoms with E-state index in [2.05, 4.69) is 30.0 Å². The fraction of sp³-hybridized carbons (Fsp3) is 0.571. The Hall–Kier alpha value is -1.07. The number of sulfone groups is 1. The summed E-state index contributed by atoms with van der Waals surface area (Å²) in [7, 11) is -2.86. The number of hydrogen-bond acceptors (Lipinski definition) is 4. The van der Waals surface area contributed by atoms with Gasteiger partial charge < -0.3 is 10.6 Å². The van der Waals surface area contributed by atoms with Crippen molar-refractivity contribution in [2.24, 2.45) is 5.73 Å². The summed E-state index contributed by atoms with van der Waals surface area (Å²) < 4.78 is 23.2. The lowest BCUT2D eigenvalue weighted by Crippen LogP contribution is -2.47. The topological polar surface area (TPSA) is 63.4 Å². The Balaban J connectivity index is 2.23. The molecule has 0 aromatic heterocycles. The molecule has 4 nitrogen and oxygen atoms in total. The van der Waals surface area contributed by atoms with E-state index in [0.717, 1.165) is 12.1 Å². The largest absolute Gasteiger partial charge is 0.367 e. The summed E-state index contributed by atoms with van der Waals surface area (Å²) in [5.41, 5.74) is 9.14. The quantitative estimate of drug-likeness (QED) is 0.902. The zero-order valence-electron chi connectivity index (χ0n) is 11.6. The number of nitrogens with two attached hydrogens (primary N) is 1. The monoisotopic (exact) mass is 282 g/mol. The van der Waals surface area contributed by atoms with Gasteiger partial charge in [0.05, 0.1) is 11.5 Å². The van der Waals surface area contributed by atoms with Gasteiger partial charge in [-0.05, 0) is 44.0 Å². The van der Waals surface area contributed by atoms with E-state index in [1.54, 1.807) is 0 Å². The van der Waals surface area contributed by atoms with Gasteiger partial charge in [-0.3, -0.25) is 0 Å². The minimum atomic E-state index is -2.86. The zero-order valence-corrected chi connectivity index (χ0v) is 12.4. The Bertz CT molecular complexity index is 555. The molecule has 0 radical (unpaired) electrons. The number of aryl methyl sites for hydroxylation is 1. The summed E-state index contributed by atoms with van der Waals surface area (Å²) >= 11 is 0. The lowest BCUT2D eigenvalue weighted by atomic mass is 10.1. The van der Waals surface area contributed by atoms with Crippen molar-refractivity contribution in [3.8, 4) is 0 Å². The first kappa shape index (κ1) is 14.3. The van der Waals surface area contributed by atoms with Crippen molar-refractivity contribution < 1.29 is 8.42 Å². The van der Waals surface area contributed by atoms with Gasteiger partial charge in [0.25, 0.3) is 0 Å². The molecule has 0 amide bonds. The highest BCUT2D eigenvalue weighted by atomic mass is 32.2. The third-order valence-electron chi connectivity index (χ3n) is 3.67. The molecule has 1 heterocycles. The molecule has 1 aromatic carbocycles. The van der Waals surface area contributed by atoms with E-state index < -0.39 is 9.84 Å². The van der Waals surface area contributed by atoms with Gasteiger partial charge in [0.1, 0.15) is 0 Å². The fourth-order valence-electron chi connectivity index (χ4n) is 2.72. The Morgan fingerprint density at radius 1 is 1.42 bits per heavy atom. The molecule has 0 saturated carbocycles. The molecule has 0 spiro atoms. The van der Waals surface area contributed by atoms with Crippen LogP contribution in [0.1, 0.15) is 18.1 Å². The van der Waals surface area contributed by atoms with Crippen LogP contribution >= 0.6 is 0 Å². The number of benzene rings is 1. The molecule has 1 aliphatic rings. The first-order chi connectivity index (χ1) is 8.93. The van der Waals surface area contributed by atoms with Crippen molar-refractivity contribution in [2.45, 2.75) is 26.3 Å². The Labute approximate surface area is 115 Å². The molecule has 0 bridgehead atoms. The van der Waals surface area contributed by atoms with Crippen LogP contribution in [0.25, 0.3) is 0 Å². The predicted molar refractivity (Wildman–Crippen MR) is 79.4 cm³/mol. The molecular formula is C14H22N2O2S. The van der Waals surface area contributed by atoms with Gasteiger partial charge in [-0.1, -0.05) is 12.1 Å². The van der Waals surface area contributed by atoms with E-state index >= 15 is 0 Å². The Morgan fingerprint density at radius 2 is 2.16 bits per heavy atom. The van der Waals surface area contributed by atoms with Crippen molar-refractivity contribution in [3.63, 3.8) is 0 Å². The fourth-order valence-corrected chi connectivity index (χ4v) is 4.27. The van der Waals surface area contributed by atoms with E-state index in [1.807, 2.05) is 6.92 Å². The van der Waals surface area contributed by atoms with E-state index in [9.17, 15) is 8.42 Å². The lowest BCUT2D eigenvalue weighted by molar-refractivity contribution is 0.568. The predicted octanol–water partition coefficient (Wildman–Crippen LogP) is 1.12. The first-order valence-corrected chi connectivity index (χ1v) is 8.52. The average Bonchev–Trinajstić information content (AvgIpc) is 2.30. The molecule has 2 N–H and O–H groups in total. The highest BCUT2D eigenvalue weighted by Crippen LogP contribution is 2.26. The second-order valence-electron chi connectivity index (χ2n) is 5.32. The SMILES string of the molecule is Cc1cc(CCN)ccc1N1CCS(=O)(=O)CC1C. The molecule has 1 aliphatic heterocycles. The highest BCUT2D eigenvalue weighted by Gasteiger charge is 2.28. The van der Waals surface area contributed by atoms with Gasteiger partial charge >= 0.3 is 0 Å². The first-order valence-electron chi connectivity index (χ1n) is 6.69. The summed E-state index contributed by atoms with van der Waals surface area (Å²) in [4.78, 5) is 2.20. The van der Waals surface area contributed by atoms with Crippen LogP contribution in [0.3, 0.4) is 0 Å². The molecule has 5 heteroatoms. The molecule has 1 atom stereocenters. The molecule has 1 unspecified atom stereocenters. The summed E-state index contributed by atoms with van der Waals surface area (Å²) in [5, 5.41) is 0. The van der Waals surface area contributed by atoms with Crippen molar-refractivity contribution in [1.29, 1.82) is 0 Å². The number of nitrogens with zero attached hydrogens (tertiary/aromatic N) is 1. The molecule has 1 saturated heterocycles. The second-order valence-corrected chi connectivity index (χ2v) is 7.55. The standard InChI is InChI=1S/C14H22N2O2S/c1-11-9-13(5-6-15)3-4-14(11)16-7-8-19(17,18)10-12(16)2/h3-4,9,12H,5-8,10,15H2,1-2H3. The third-order valence-corrected chi connectivity index (χ3v) is 5.47. The lowest BCUT2D eigenvalue weighted by Gasteiger charge is -2.36. The molecule has 19 heavy (non-hydrogen) atoms. The van der Waals surface area contributed by atoms with Crippen LogP contribution in [0.2, 0.25) is 0 Å². The average molecular weight is 282 g/mol. The minimum Gasteiger partial charge on any atom is -0.367 e. The van der Waals surface area contributed by atoms with Crippen LogP contribution < -0.4 is 10.6 Å². The van der Waals surface area contributed by atoms with E-state index in [-0.39, 0.29) is 17.5 Å². The van der Waals surface area contributed by atoms with Gasteiger partial charge in [0.15, 0.2) is 9.84 Å². The summed E-state index contributed by atoms with van der Waals surface area (Å²) in [6.07, 6.45) is 0.880. The van der Waals surface area contributed by atoms with E-state index in [1.165, 1.54) is 11.1 Å². The van der Waals surface area contributed by atoms with Gasteiger partial charge in [0.2, 0.25) is 0 Å². The summed E-state index contributed by atoms with van der Waals surface area (Å²) in [5.74, 6) is 0.498. The molecule has 1 fully saturated rings. The normalized spacial score (nSPS) is 22.5. The molecule has 106 valence electrons. The van der Waals surface area contributed by atoms with Gasteiger partial charge in [0, 0.05) is 18.3 Å². The minimum absolute atomic E-state index is 0.0396. The van der Waals surface area contributed by atoms with Crippen LogP contribution in [0.15, 0.2) is 18.2 Å². The maximum absolute atomic E-state index is 11.6. The van der Waals surface area contributed by atoms with Crippen molar-refractivity contribution >= 4 is 15.5 Å². The maximum Gasteiger partial charge on any atom is 0.154 e. The van der Waals surface area contributed by atoms with E-state index in [4.69, 9.17) is 5.73 Å². The van der Waals surface area contributed by atoms with Crippen molar-refractivity contribution in [2.75, 3.05) is 29.5 Å². The van der Waals surface area contributed by atoms with Crippen molar-refractivity contribution in [3.05, 3.63) is 29.3 Å². The van der Waals surface area contributed by atoms with Crippen LogP contribution in [0.4, 0.5) is 5.69 Å². The molecule has 2 rings (SSSR count). The van der Waals surface area contributed by atoms with Gasteiger partial charge in [-0.2, -0.15) is 0 Å². The summed E-state index contributed by atoms with van der Waals surface area (Å²) in [6.45, 7) is 5.28. The maximum atomic E-state index is 11.6. The summed E-state index contributed by atoms with van der Waals surface area (Å²) in [6, 6.07) is 6.37. The van der Waals surface area contributed by atoms with Crippen LogP contribution in [-0.2, 0) is 16.3 Å². The van der Waals surface area contributed by atoms with Gasteiger partial charge in [-0.15, -0.1) is 0 Å². The molecule has 1 aromatic rings. The number of hydrogen-bond donors (Lipinski definition) is 1. The number of rotatable bonds is 3. The van der Waals surface area contributed by atoms with E-state index in [0.29, 0.717) is 13.1 Å². The third kappa shape index (κ3) is 3.28. The number of anilines is 1. The zero-order chi connectivity index (χ0) is 14.0. The molecule has 0 aliphatic carbocycles. The van der Waals surface area contributed by atoms with Gasteiger partial charge in [-0.25, -0.2) is 8.42 Å². The highest BCUT2D eigenvalue weighted by molar-refractivity contribution is 7.91. The smallest absolute Gasteiger partial charge is 0.154 e. The van der Waals surface area contributed by atoms with Crippen LogP contribution in [0, 0.1) is 6.92 Å². The van der Waals surface area contributed by atoms with Crippen LogP contribution in [0.5, 0.6) is 0 Å². The van der Waals surface area contributed by atoms with Crippen LogP contribution in [-0.4, -0.2) is 39.1 Å². The second kappa shape index (κ2) is 5.51. The Kier molecular flexibility index (Phi) is 4.16. The van der Waals surface area contributed by atoms with Crippen molar-refractivity contribution in [1.82, 2.24) is 0 Å².